The second-order valence-electron chi connectivity index (χ2n) is 2.85. The zero-order valence-electron chi connectivity index (χ0n) is 7.50. The van der Waals surface area contributed by atoms with Crippen molar-refractivity contribution in [2.75, 3.05) is 0 Å². The molecule has 3 nitrogen and oxygen atoms in total. The molecule has 0 amide bonds. The fourth-order valence-electron chi connectivity index (χ4n) is 1.25. The summed E-state index contributed by atoms with van der Waals surface area (Å²) < 4.78 is 22.5. The quantitative estimate of drug-likeness (QED) is 0.790. The van der Waals surface area contributed by atoms with Crippen molar-refractivity contribution in [3.05, 3.63) is 46.5 Å². The van der Waals surface area contributed by atoms with Crippen molar-refractivity contribution >= 4 is 15.9 Å². The summed E-state index contributed by atoms with van der Waals surface area (Å²) in [5.41, 5.74) is 0.482. The average molecular weight is 273 g/mol. The van der Waals surface area contributed by atoms with Gasteiger partial charge in [-0.3, -0.25) is 0 Å². The molecule has 5 heteroatoms. The Bertz CT molecular complexity index is 529. The van der Waals surface area contributed by atoms with Crippen molar-refractivity contribution in [2.24, 2.45) is 0 Å². The van der Waals surface area contributed by atoms with E-state index in [2.05, 4.69) is 15.9 Å². The van der Waals surface area contributed by atoms with Crippen molar-refractivity contribution in [3.8, 4) is 11.3 Å². The van der Waals surface area contributed by atoms with E-state index >= 15 is 0 Å². The van der Waals surface area contributed by atoms with Gasteiger partial charge in [-0.2, -0.15) is 0 Å². The Labute approximate surface area is 92.6 Å². The first-order chi connectivity index (χ1) is 7.20. The molecule has 0 saturated heterocycles. The highest BCUT2D eigenvalue weighted by Gasteiger charge is 2.13. The maximum Gasteiger partial charge on any atom is 0.519 e. The Morgan fingerprint density at radius 3 is 2.80 bits per heavy atom. The van der Waals surface area contributed by atoms with Gasteiger partial charge >= 0.3 is 5.82 Å². The van der Waals surface area contributed by atoms with Crippen LogP contribution in [0, 0.1) is 5.82 Å². The monoisotopic (exact) mass is 272 g/mol. The van der Waals surface area contributed by atoms with E-state index in [4.69, 9.17) is 8.83 Å². The van der Waals surface area contributed by atoms with Crippen molar-refractivity contribution in [2.45, 2.75) is 5.33 Å². The molecule has 2 aromatic rings. The summed E-state index contributed by atoms with van der Waals surface area (Å²) >= 11 is 3.15. The van der Waals surface area contributed by atoms with Crippen LogP contribution in [-0.4, -0.2) is 0 Å². The predicted octanol–water partition coefficient (Wildman–Crippen LogP) is 2.93. The smallest absolute Gasteiger partial charge is 0.394 e. The van der Waals surface area contributed by atoms with E-state index in [9.17, 15) is 9.18 Å². The van der Waals surface area contributed by atoms with E-state index in [0.29, 0.717) is 16.7 Å². The molecule has 0 N–H and O–H groups in total. The lowest BCUT2D eigenvalue weighted by molar-refractivity contribution is 0.381. The van der Waals surface area contributed by atoms with Crippen LogP contribution in [0.2, 0.25) is 0 Å². The molecule has 15 heavy (non-hydrogen) atoms. The summed E-state index contributed by atoms with van der Waals surface area (Å²) in [6.45, 7) is 0. The molecule has 1 aromatic carbocycles. The number of benzene rings is 1. The molecule has 0 fully saturated rings. The summed E-state index contributed by atoms with van der Waals surface area (Å²) in [5, 5.41) is 0.338. The van der Waals surface area contributed by atoms with E-state index in [1.165, 1.54) is 18.2 Å². The van der Waals surface area contributed by atoms with Gasteiger partial charge in [-0.15, -0.1) is 0 Å². The minimum atomic E-state index is -0.788. The van der Waals surface area contributed by atoms with Gasteiger partial charge in [-0.1, -0.05) is 28.1 Å². The Kier molecular flexibility index (Phi) is 2.73. The van der Waals surface area contributed by atoms with Crippen LogP contribution in [-0.2, 0) is 5.33 Å². The van der Waals surface area contributed by atoms with Gasteiger partial charge in [-0.05, 0) is 12.1 Å². The normalized spacial score (nSPS) is 10.5. The predicted molar refractivity (Wildman–Crippen MR) is 55.3 cm³/mol. The van der Waals surface area contributed by atoms with Crippen LogP contribution in [0.25, 0.3) is 11.3 Å². The standard InChI is InChI=1S/C10H6BrFO3/c11-5-8-9(15-10(13)14-8)6-2-1-3-7(12)4-6/h1-4H,5H2. The maximum absolute atomic E-state index is 12.9. The maximum atomic E-state index is 12.9. The average Bonchev–Trinajstić information content (AvgIpc) is 2.59. The zero-order valence-corrected chi connectivity index (χ0v) is 9.08. The Balaban J connectivity index is 2.57. The molecule has 0 saturated carbocycles. The van der Waals surface area contributed by atoms with E-state index in [1.54, 1.807) is 6.07 Å². The van der Waals surface area contributed by atoms with Gasteiger partial charge in [-0.25, -0.2) is 9.18 Å². The second kappa shape index (κ2) is 4.02. The summed E-state index contributed by atoms with van der Waals surface area (Å²) in [4.78, 5) is 10.9. The van der Waals surface area contributed by atoms with E-state index < -0.39 is 11.6 Å². The van der Waals surface area contributed by atoms with Crippen molar-refractivity contribution < 1.29 is 13.2 Å². The van der Waals surface area contributed by atoms with Gasteiger partial charge in [0, 0.05) is 5.56 Å². The molecule has 1 heterocycles. The highest BCUT2D eigenvalue weighted by atomic mass is 79.9. The molecule has 0 aliphatic carbocycles. The van der Waals surface area contributed by atoms with E-state index in [0.717, 1.165) is 0 Å². The van der Waals surface area contributed by atoms with Crippen LogP contribution in [0.4, 0.5) is 4.39 Å². The molecular formula is C10H6BrFO3. The Morgan fingerprint density at radius 2 is 2.13 bits per heavy atom. The summed E-state index contributed by atoms with van der Waals surface area (Å²) in [7, 11) is 0. The number of hydrogen-bond acceptors (Lipinski definition) is 3. The van der Waals surface area contributed by atoms with Crippen LogP contribution in [0.5, 0.6) is 0 Å². The molecule has 0 unspecified atom stereocenters. The van der Waals surface area contributed by atoms with E-state index in [-0.39, 0.29) is 5.76 Å². The fraction of sp³-hybridized carbons (Fsp3) is 0.100. The number of hydrogen-bond donors (Lipinski definition) is 0. The van der Waals surface area contributed by atoms with Gasteiger partial charge < -0.3 is 8.83 Å². The van der Waals surface area contributed by atoms with Gasteiger partial charge in [0.1, 0.15) is 5.82 Å². The SMILES string of the molecule is O=c1oc(CBr)c(-c2cccc(F)c2)o1. The fourth-order valence-corrected chi connectivity index (χ4v) is 1.61. The molecule has 0 radical (unpaired) electrons. The van der Waals surface area contributed by atoms with Crippen molar-refractivity contribution in [3.63, 3.8) is 0 Å². The molecule has 0 aliphatic heterocycles. The zero-order chi connectivity index (χ0) is 10.8. The minimum absolute atomic E-state index is 0.261. The molecular weight excluding hydrogens is 267 g/mol. The molecule has 0 aliphatic rings. The lowest BCUT2D eigenvalue weighted by Crippen LogP contribution is -1.85. The highest BCUT2D eigenvalue weighted by molar-refractivity contribution is 9.08. The molecule has 2 rings (SSSR count). The first kappa shape index (κ1) is 10.2. The molecule has 0 spiro atoms. The Hall–Kier alpha value is -1.36. The van der Waals surface area contributed by atoms with Crippen LogP contribution >= 0.6 is 15.9 Å². The van der Waals surface area contributed by atoms with Crippen LogP contribution in [0.15, 0.2) is 37.9 Å². The third-order valence-corrected chi connectivity index (χ3v) is 2.36. The lowest BCUT2D eigenvalue weighted by atomic mass is 10.1. The first-order valence-electron chi connectivity index (χ1n) is 4.15. The topological polar surface area (TPSA) is 43.4 Å². The number of rotatable bonds is 2. The molecule has 1 aromatic heterocycles. The minimum Gasteiger partial charge on any atom is -0.394 e. The summed E-state index contributed by atoms with van der Waals surface area (Å²) in [6.07, 6.45) is 0. The van der Waals surface area contributed by atoms with Crippen molar-refractivity contribution in [1.29, 1.82) is 0 Å². The second-order valence-corrected chi connectivity index (χ2v) is 3.41. The third-order valence-electron chi connectivity index (χ3n) is 1.85. The Morgan fingerprint density at radius 1 is 1.33 bits per heavy atom. The summed E-state index contributed by atoms with van der Waals surface area (Å²) in [5.74, 6) is -0.567. The van der Waals surface area contributed by atoms with Gasteiger partial charge in [0.15, 0.2) is 11.5 Å². The number of halogens is 2. The van der Waals surface area contributed by atoms with Crippen LogP contribution < -0.4 is 5.82 Å². The van der Waals surface area contributed by atoms with Crippen LogP contribution in [0.1, 0.15) is 5.76 Å². The van der Waals surface area contributed by atoms with E-state index in [1.807, 2.05) is 0 Å². The van der Waals surface area contributed by atoms with Crippen LogP contribution in [0.3, 0.4) is 0 Å². The molecule has 0 atom stereocenters. The largest absolute Gasteiger partial charge is 0.519 e. The highest BCUT2D eigenvalue weighted by Crippen LogP contribution is 2.24. The molecule has 0 bridgehead atoms. The lowest BCUT2D eigenvalue weighted by Gasteiger charge is -1.96. The number of alkyl halides is 1. The molecule has 78 valence electrons. The van der Waals surface area contributed by atoms with Gasteiger partial charge in [0.2, 0.25) is 0 Å². The first-order valence-corrected chi connectivity index (χ1v) is 5.27. The van der Waals surface area contributed by atoms with Gasteiger partial charge in [0.05, 0.1) is 5.33 Å². The summed E-state index contributed by atoms with van der Waals surface area (Å²) in [6, 6.07) is 5.77. The third kappa shape index (κ3) is 2.02. The van der Waals surface area contributed by atoms with Gasteiger partial charge in [0.25, 0.3) is 0 Å². The van der Waals surface area contributed by atoms with Crippen molar-refractivity contribution in [1.82, 2.24) is 0 Å².